The van der Waals surface area contributed by atoms with Gasteiger partial charge in [-0.2, -0.15) is 0 Å². The number of nitrogens with zero attached hydrogens (tertiary/aromatic N) is 1. The van der Waals surface area contributed by atoms with Gasteiger partial charge in [-0.1, -0.05) is 17.7 Å². The van der Waals surface area contributed by atoms with Gasteiger partial charge in [0.2, 0.25) is 0 Å². The van der Waals surface area contributed by atoms with Crippen LogP contribution in [0.1, 0.15) is 35.7 Å². The van der Waals surface area contributed by atoms with Crippen molar-refractivity contribution >= 4 is 11.9 Å². The molecule has 0 saturated heterocycles. The standard InChI is InChI=1S/C17H24N2O3/c1-3-21-10-11-22-17(18-12-14-6-7-14)19-16(20)15-8-4-13(2)5-9-15/h4-5,8-9,14H,3,6-7,10-12H2,1-2H3,(H,18,19,20). The minimum absolute atomic E-state index is 0.203. The fourth-order valence-electron chi connectivity index (χ4n) is 1.85. The average Bonchev–Trinajstić information content (AvgIpc) is 3.33. The lowest BCUT2D eigenvalue weighted by Gasteiger charge is -2.11. The number of ether oxygens (including phenoxy) is 2. The number of rotatable bonds is 7. The summed E-state index contributed by atoms with van der Waals surface area (Å²) in [6.45, 7) is 6.14. The summed E-state index contributed by atoms with van der Waals surface area (Å²) in [5.41, 5.74) is 1.71. The van der Waals surface area contributed by atoms with E-state index in [1.54, 1.807) is 12.1 Å². The molecule has 1 aromatic carbocycles. The van der Waals surface area contributed by atoms with Crippen molar-refractivity contribution in [3.8, 4) is 0 Å². The summed E-state index contributed by atoms with van der Waals surface area (Å²) >= 11 is 0. The van der Waals surface area contributed by atoms with E-state index in [4.69, 9.17) is 9.47 Å². The highest BCUT2D eigenvalue weighted by Crippen LogP contribution is 2.28. The molecule has 0 unspecified atom stereocenters. The fraction of sp³-hybridized carbons (Fsp3) is 0.529. The van der Waals surface area contributed by atoms with E-state index in [9.17, 15) is 4.79 Å². The number of hydrogen-bond donors (Lipinski definition) is 1. The van der Waals surface area contributed by atoms with Crippen molar-refractivity contribution in [2.75, 3.05) is 26.4 Å². The normalized spacial score (nSPS) is 14.7. The van der Waals surface area contributed by atoms with Crippen LogP contribution in [0.4, 0.5) is 0 Å². The molecular weight excluding hydrogens is 280 g/mol. The van der Waals surface area contributed by atoms with Crippen LogP contribution in [0.2, 0.25) is 0 Å². The van der Waals surface area contributed by atoms with Crippen molar-refractivity contribution in [1.29, 1.82) is 0 Å². The van der Waals surface area contributed by atoms with Crippen molar-refractivity contribution in [2.45, 2.75) is 26.7 Å². The molecule has 22 heavy (non-hydrogen) atoms. The minimum Gasteiger partial charge on any atom is -0.463 e. The van der Waals surface area contributed by atoms with Gasteiger partial charge >= 0.3 is 0 Å². The molecule has 1 aliphatic rings. The Labute approximate surface area is 131 Å². The van der Waals surface area contributed by atoms with E-state index in [0.717, 1.165) is 5.56 Å². The number of benzene rings is 1. The largest absolute Gasteiger partial charge is 0.463 e. The van der Waals surface area contributed by atoms with Crippen LogP contribution in [0.25, 0.3) is 0 Å². The molecule has 5 heteroatoms. The molecule has 0 spiro atoms. The SMILES string of the molecule is CCOCCOC(=NCC1CC1)NC(=O)c1ccc(C)cc1. The molecule has 1 N–H and O–H groups in total. The second-order valence-electron chi connectivity index (χ2n) is 5.45. The summed E-state index contributed by atoms with van der Waals surface area (Å²) in [5.74, 6) is 0.438. The van der Waals surface area contributed by atoms with Gasteiger partial charge < -0.3 is 9.47 Å². The van der Waals surface area contributed by atoms with Crippen LogP contribution in [0, 0.1) is 12.8 Å². The lowest BCUT2D eigenvalue weighted by atomic mass is 10.1. The number of hydrogen-bond acceptors (Lipinski definition) is 4. The van der Waals surface area contributed by atoms with Crippen LogP contribution in [-0.2, 0) is 9.47 Å². The first kappa shape index (κ1) is 16.5. The van der Waals surface area contributed by atoms with E-state index in [0.29, 0.717) is 37.8 Å². The number of amides is 1. The Hall–Kier alpha value is -1.88. The van der Waals surface area contributed by atoms with E-state index in [1.165, 1.54) is 12.8 Å². The van der Waals surface area contributed by atoms with E-state index < -0.39 is 0 Å². The van der Waals surface area contributed by atoms with Crippen LogP contribution in [0.3, 0.4) is 0 Å². The average molecular weight is 304 g/mol. The highest BCUT2D eigenvalue weighted by Gasteiger charge is 2.21. The lowest BCUT2D eigenvalue weighted by Crippen LogP contribution is -2.33. The maximum atomic E-state index is 12.2. The second-order valence-corrected chi connectivity index (χ2v) is 5.45. The summed E-state index contributed by atoms with van der Waals surface area (Å²) in [5, 5.41) is 2.75. The van der Waals surface area contributed by atoms with E-state index in [2.05, 4.69) is 10.3 Å². The van der Waals surface area contributed by atoms with Crippen molar-refractivity contribution < 1.29 is 14.3 Å². The highest BCUT2D eigenvalue weighted by atomic mass is 16.5. The number of carbonyl (C=O) groups is 1. The van der Waals surface area contributed by atoms with E-state index >= 15 is 0 Å². The third-order valence-electron chi connectivity index (χ3n) is 3.39. The zero-order valence-electron chi connectivity index (χ0n) is 13.3. The molecule has 1 saturated carbocycles. The molecule has 1 aromatic rings. The van der Waals surface area contributed by atoms with Gasteiger partial charge in [0.25, 0.3) is 11.9 Å². The Bertz CT molecular complexity index is 507. The molecule has 5 nitrogen and oxygen atoms in total. The molecule has 0 radical (unpaired) electrons. The van der Waals surface area contributed by atoms with Crippen LogP contribution in [0.15, 0.2) is 29.3 Å². The number of aliphatic imine (C=N–C) groups is 1. The molecule has 2 rings (SSSR count). The van der Waals surface area contributed by atoms with E-state index in [-0.39, 0.29) is 11.9 Å². The topological polar surface area (TPSA) is 59.9 Å². The third-order valence-corrected chi connectivity index (χ3v) is 3.39. The first-order valence-corrected chi connectivity index (χ1v) is 7.82. The van der Waals surface area contributed by atoms with E-state index in [1.807, 2.05) is 26.0 Å². The summed E-state index contributed by atoms with van der Waals surface area (Å²) in [6.07, 6.45) is 2.42. The maximum Gasteiger partial charge on any atom is 0.291 e. The summed E-state index contributed by atoms with van der Waals surface area (Å²) < 4.78 is 10.8. The molecular formula is C17H24N2O3. The predicted octanol–water partition coefficient (Wildman–Crippen LogP) is 2.54. The maximum absolute atomic E-state index is 12.2. The Morgan fingerprint density at radius 2 is 2.00 bits per heavy atom. The molecule has 1 aliphatic carbocycles. The molecule has 0 aromatic heterocycles. The van der Waals surface area contributed by atoms with Gasteiger partial charge in [-0.15, -0.1) is 0 Å². The first-order chi connectivity index (χ1) is 10.7. The monoisotopic (exact) mass is 304 g/mol. The van der Waals surface area contributed by atoms with Gasteiger partial charge in [-0.25, -0.2) is 4.99 Å². The van der Waals surface area contributed by atoms with Gasteiger partial charge in [-0.3, -0.25) is 10.1 Å². The molecule has 120 valence electrons. The van der Waals surface area contributed by atoms with Crippen LogP contribution >= 0.6 is 0 Å². The van der Waals surface area contributed by atoms with Crippen molar-refractivity contribution in [1.82, 2.24) is 5.32 Å². The molecule has 0 atom stereocenters. The second kappa shape index (κ2) is 8.54. The zero-order valence-corrected chi connectivity index (χ0v) is 13.3. The van der Waals surface area contributed by atoms with Crippen molar-refractivity contribution in [3.63, 3.8) is 0 Å². The number of carbonyl (C=O) groups excluding carboxylic acids is 1. The Morgan fingerprint density at radius 1 is 1.27 bits per heavy atom. The van der Waals surface area contributed by atoms with Crippen LogP contribution in [0.5, 0.6) is 0 Å². The van der Waals surface area contributed by atoms with Gasteiger partial charge in [0.15, 0.2) is 0 Å². The Morgan fingerprint density at radius 3 is 2.64 bits per heavy atom. The van der Waals surface area contributed by atoms with Gasteiger partial charge in [0.1, 0.15) is 6.61 Å². The number of nitrogens with one attached hydrogen (secondary N) is 1. The highest BCUT2D eigenvalue weighted by molar-refractivity contribution is 6.04. The summed E-state index contributed by atoms with van der Waals surface area (Å²) in [6, 6.07) is 7.70. The Kier molecular flexibility index (Phi) is 6.40. The smallest absolute Gasteiger partial charge is 0.291 e. The molecule has 0 aliphatic heterocycles. The summed E-state index contributed by atoms with van der Waals surface area (Å²) in [7, 11) is 0. The molecule has 0 bridgehead atoms. The van der Waals surface area contributed by atoms with Crippen molar-refractivity contribution in [3.05, 3.63) is 35.4 Å². The Balaban J connectivity index is 1.90. The lowest BCUT2D eigenvalue weighted by molar-refractivity contribution is 0.0922. The number of amidine groups is 1. The first-order valence-electron chi connectivity index (χ1n) is 7.82. The van der Waals surface area contributed by atoms with Gasteiger partial charge in [0.05, 0.1) is 6.61 Å². The number of aryl methyl sites for hydroxylation is 1. The molecule has 1 fully saturated rings. The quantitative estimate of drug-likeness (QED) is 0.478. The molecule has 0 heterocycles. The zero-order chi connectivity index (χ0) is 15.8. The van der Waals surface area contributed by atoms with Crippen molar-refractivity contribution in [2.24, 2.45) is 10.9 Å². The minimum atomic E-state index is -0.203. The molecule has 1 amide bonds. The predicted molar refractivity (Wildman–Crippen MR) is 86.1 cm³/mol. The summed E-state index contributed by atoms with van der Waals surface area (Å²) in [4.78, 5) is 16.6. The van der Waals surface area contributed by atoms with Crippen LogP contribution in [-0.4, -0.2) is 38.3 Å². The fourth-order valence-corrected chi connectivity index (χ4v) is 1.85. The van der Waals surface area contributed by atoms with Gasteiger partial charge in [0, 0.05) is 18.7 Å². The van der Waals surface area contributed by atoms with Crippen LogP contribution < -0.4 is 5.32 Å². The van der Waals surface area contributed by atoms with Gasteiger partial charge in [-0.05, 0) is 44.7 Å². The third kappa shape index (κ3) is 5.85.